The second kappa shape index (κ2) is 7.76. The predicted molar refractivity (Wildman–Crippen MR) is 116 cm³/mol. The topological polar surface area (TPSA) is 45.2 Å². The second-order valence-corrected chi connectivity index (χ2v) is 8.38. The molecule has 0 saturated carbocycles. The number of hydrogen-bond acceptors (Lipinski definition) is 3. The van der Waals surface area contributed by atoms with Crippen LogP contribution < -0.4 is 5.32 Å². The molecule has 2 amide bonds. The maximum Gasteiger partial charge on any atom is 0.322 e. The van der Waals surface area contributed by atoms with E-state index in [1.807, 2.05) is 36.9 Å². The molecule has 5 heteroatoms. The SMILES string of the molecule is Cc1cc(C)c(NC(=O)N2CCC[C@H]2c2nc(-c3ccccc3)cs2)c(C)c1. The second-order valence-electron chi connectivity index (χ2n) is 7.49. The Labute approximate surface area is 170 Å². The van der Waals surface area contributed by atoms with Crippen LogP contribution in [-0.2, 0) is 0 Å². The molecular weight excluding hydrogens is 366 g/mol. The van der Waals surface area contributed by atoms with E-state index in [1.165, 1.54) is 5.56 Å². The Hall–Kier alpha value is -2.66. The van der Waals surface area contributed by atoms with E-state index < -0.39 is 0 Å². The lowest BCUT2D eigenvalue weighted by Crippen LogP contribution is -2.34. The molecule has 4 rings (SSSR count). The van der Waals surface area contributed by atoms with Crippen molar-refractivity contribution in [3.05, 3.63) is 69.5 Å². The Morgan fingerprint density at radius 3 is 2.57 bits per heavy atom. The lowest BCUT2D eigenvalue weighted by molar-refractivity contribution is 0.207. The van der Waals surface area contributed by atoms with Gasteiger partial charge in [-0.15, -0.1) is 11.3 Å². The Bertz CT molecular complexity index is 973. The molecule has 4 nitrogen and oxygen atoms in total. The number of carbonyl (C=O) groups is 1. The average Bonchev–Trinajstić information content (AvgIpc) is 3.34. The summed E-state index contributed by atoms with van der Waals surface area (Å²) in [4.78, 5) is 19.8. The summed E-state index contributed by atoms with van der Waals surface area (Å²) >= 11 is 1.64. The van der Waals surface area contributed by atoms with Crippen LogP contribution in [0.15, 0.2) is 47.8 Å². The van der Waals surface area contributed by atoms with Gasteiger partial charge >= 0.3 is 6.03 Å². The number of aromatic nitrogens is 1. The molecule has 1 saturated heterocycles. The number of aryl methyl sites for hydroxylation is 3. The van der Waals surface area contributed by atoms with Crippen LogP contribution in [0.1, 0.15) is 40.6 Å². The third-order valence-electron chi connectivity index (χ3n) is 5.30. The number of carbonyl (C=O) groups excluding carboxylic acids is 1. The summed E-state index contributed by atoms with van der Waals surface area (Å²) in [5.41, 5.74) is 6.43. The highest BCUT2D eigenvalue weighted by molar-refractivity contribution is 7.10. The van der Waals surface area contributed by atoms with Crippen LogP contribution >= 0.6 is 11.3 Å². The summed E-state index contributed by atoms with van der Waals surface area (Å²) in [7, 11) is 0. The van der Waals surface area contributed by atoms with Gasteiger partial charge in [-0.3, -0.25) is 0 Å². The van der Waals surface area contributed by atoms with Crippen molar-refractivity contribution in [2.45, 2.75) is 39.7 Å². The largest absolute Gasteiger partial charge is 0.322 e. The number of urea groups is 1. The molecule has 1 aromatic heterocycles. The van der Waals surface area contributed by atoms with Crippen molar-refractivity contribution in [1.82, 2.24) is 9.88 Å². The third-order valence-corrected chi connectivity index (χ3v) is 6.25. The van der Waals surface area contributed by atoms with Gasteiger partial charge in [0.2, 0.25) is 0 Å². The number of thiazole rings is 1. The highest BCUT2D eigenvalue weighted by Crippen LogP contribution is 2.36. The molecule has 1 aliphatic heterocycles. The average molecular weight is 392 g/mol. The van der Waals surface area contributed by atoms with Crippen LogP contribution in [0.4, 0.5) is 10.5 Å². The van der Waals surface area contributed by atoms with E-state index in [0.717, 1.165) is 52.5 Å². The van der Waals surface area contributed by atoms with Gasteiger partial charge < -0.3 is 10.2 Å². The molecule has 3 aromatic rings. The summed E-state index contributed by atoms with van der Waals surface area (Å²) in [5.74, 6) is 0. The van der Waals surface area contributed by atoms with Gasteiger partial charge in [-0.2, -0.15) is 0 Å². The molecule has 0 spiro atoms. The van der Waals surface area contributed by atoms with Gasteiger partial charge in [-0.25, -0.2) is 9.78 Å². The number of nitrogens with zero attached hydrogens (tertiary/aromatic N) is 2. The maximum absolute atomic E-state index is 13.1. The molecule has 2 heterocycles. The van der Waals surface area contributed by atoms with Gasteiger partial charge in [0, 0.05) is 23.2 Å². The summed E-state index contributed by atoms with van der Waals surface area (Å²) in [6.07, 6.45) is 1.96. The van der Waals surface area contributed by atoms with Crippen LogP contribution in [0.3, 0.4) is 0 Å². The van der Waals surface area contributed by atoms with E-state index in [9.17, 15) is 4.79 Å². The number of hydrogen-bond donors (Lipinski definition) is 1. The quantitative estimate of drug-likeness (QED) is 0.586. The van der Waals surface area contributed by atoms with Gasteiger partial charge in [-0.1, -0.05) is 48.0 Å². The van der Waals surface area contributed by atoms with Crippen LogP contribution in [0.5, 0.6) is 0 Å². The summed E-state index contributed by atoms with van der Waals surface area (Å²) in [6, 6.07) is 14.4. The normalized spacial score (nSPS) is 16.4. The first-order valence-corrected chi connectivity index (χ1v) is 10.6. The molecule has 0 bridgehead atoms. The number of anilines is 1. The fraction of sp³-hybridized carbons (Fsp3) is 0.304. The summed E-state index contributed by atoms with van der Waals surface area (Å²) < 4.78 is 0. The van der Waals surface area contributed by atoms with Crippen molar-refractivity contribution in [1.29, 1.82) is 0 Å². The minimum atomic E-state index is -0.0333. The van der Waals surface area contributed by atoms with Crippen molar-refractivity contribution < 1.29 is 4.79 Å². The fourth-order valence-electron chi connectivity index (χ4n) is 4.00. The van der Waals surface area contributed by atoms with Crippen molar-refractivity contribution in [2.24, 2.45) is 0 Å². The first-order valence-electron chi connectivity index (χ1n) is 9.69. The van der Waals surface area contributed by atoms with Gasteiger partial charge in [0.15, 0.2) is 0 Å². The fourth-order valence-corrected chi connectivity index (χ4v) is 4.98. The molecule has 1 atom stereocenters. The standard InChI is InChI=1S/C23H25N3OS/c1-15-12-16(2)21(17(3)13-15)25-23(27)26-11-7-10-20(26)22-24-19(14-28-22)18-8-5-4-6-9-18/h4-6,8-9,12-14,20H,7,10-11H2,1-3H3,(H,25,27)/t20-/m0/s1. The summed E-state index contributed by atoms with van der Waals surface area (Å²) in [5, 5.41) is 6.26. The molecule has 2 aromatic carbocycles. The van der Waals surface area contributed by atoms with E-state index in [0.29, 0.717) is 0 Å². The number of nitrogens with one attached hydrogen (secondary N) is 1. The van der Waals surface area contributed by atoms with Crippen LogP contribution in [0, 0.1) is 20.8 Å². The minimum Gasteiger partial charge on any atom is -0.315 e. The maximum atomic E-state index is 13.1. The molecule has 0 radical (unpaired) electrons. The number of amides is 2. The van der Waals surface area contributed by atoms with E-state index in [-0.39, 0.29) is 12.1 Å². The molecule has 1 aliphatic rings. The number of rotatable bonds is 3. The van der Waals surface area contributed by atoms with Gasteiger partial charge in [0.05, 0.1) is 11.7 Å². The zero-order valence-corrected chi connectivity index (χ0v) is 17.3. The molecule has 1 fully saturated rings. The smallest absolute Gasteiger partial charge is 0.315 e. The Kier molecular flexibility index (Phi) is 5.18. The Morgan fingerprint density at radius 2 is 1.86 bits per heavy atom. The molecule has 0 unspecified atom stereocenters. The lowest BCUT2D eigenvalue weighted by Gasteiger charge is -2.24. The van der Waals surface area contributed by atoms with E-state index >= 15 is 0 Å². The van der Waals surface area contributed by atoms with Gasteiger partial charge in [0.1, 0.15) is 5.01 Å². The first kappa shape index (κ1) is 18.7. The lowest BCUT2D eigenvalue weighted by atomic mass is 10.1. The van der Waals surface area contributed by atoms with E-state index in [2.05, 4.69) is 41.9 Å². The third kappa shape index (κ3) is 3.67. The zero-order chi connectivity index (χ0) is 19.7. The highest BCUT2D eigenvalue weighted by Gasteiger charge is 2.32. The van der Waals surface area contributed by atoms with Crippen LogP contribution in [0.25, 0.3) is 11.3 Å². The Morgan fingerprint density at radius 1 is 1.14 bits per heavy atom. The number of benzene rings is 2. The molecular formula is C23H25N3OS. The van der Waals surface area contributed by atoms with Crippen LogP contribution in [0.2, 0.25) is 0 Å². The van der Waals surface area contributed by atoms with E-state index in [1.54, 1.807) is 11.3 Å². The van der Waals surface area contributed by atoms with Gasteiger partial charge in [0.25, 0.3) is 0 Å². The molecule has 144 valence electrons. The van der Waals surface area contributed by atoms with Crippen molar-refractivity contribution >= 4 is 23.1 Å². The minimum absolute atomic E-state index is 0.0333. The Balaban J connectivity index is 1.54. The zero-order valence-electron chi connectivity index (χ0n) is 16.5. The molecule has 1 N–H and O–H groups in total. The van der Waals surface area contributed by atoms with E-state index in [4.69, 9.17) is 4.98 Å². The molecule has 0 aliphatic carbocycles. The molecule has 28 heavy (non-hydrogen) atoms. The van der Waals surface area contributed by atoms with Crippen molar-refractivity contribution in [2.75, 3.05) is 11.9 Å². The predicted octanol–water partition coefficient (Wildman–Crippen LogP) is 6.10. The number of likely N-dealkylation sites (tertiary alicyclic amines) is 1. The highest BCUT2D eigenvalue weighted by atomic mass is 32.1. The van der Waals surface area contributed by atoms with Crippen molar-refractivity contribution in [3.63, 3.8) is 0 Å². The van der Waals surface area contributed by atoms with Crippen molar-refractivity contribution in [3.8, 4) is 11.3 Å². The van der Waals surface area contributed by atoms with Crippen LogP contribution in [-0.4, -0.2) is 22.5 Å². The monoisotopic (exact) mass is 391 g/mol. The van der Waals surface area contributed by atoms with Gasteiger partial charge in [-0.05, 0) is 44.7 Å². The first-order chi connectivity index (χ1) is 13.5. The summed E-state index contributed by atoms with van der Waals surface area (Å²) in [6.45, 7) is 6.93.